The van der Waals surface area contributed by atoms with Gasteiger partial charge in [0.15, 0.2) is 0 Å². The number of nitrogens with zero attached hydrogens (tertiary/aromatic N) is 1. The highest BCUT2D eigenvalue weighted by Gasteiger charge is 1.97. The fourth-order valence-electron chi connectivity index (χ4n) is 0.529. The molecular formula is C6H10NS3+. The van der Waals surface area contributed by atoms with Crippen LogP contribution in [0.3, 0.4) is 0 Å². The molecule has 1 rings (SSSR count). The molecule has 0 atom stereocenters. The Labute approximate surface area is 72.4 Å². The van der Waals surface area contributed by atoms with Gasteiger partial charge in [-0.25, -0.2) is 4.58 Å². The van der Waals surface area contributed by atoms with Crippen LogP contribution in [0.4, 0.5) is 0 Å². The van der Waals surface area contributed by atoms with E-state index in [-0.39, 0.29) is 0 Å². The van der Waals surface area contributed by atoms with Gasteiger partial charge in [0.05, 0.1) is 4.21 Å². The van der Waals surface area contributed by atoms with E-state index in [1.165, 1.54) is 8.88 Å². The van der Waals surface area contributed by atoms with Crippen LogP contribution in [0.2, 0.25) is 0 Å². The van der Waals surface area contributed by atoms with E-state index in [9.17, 15) is 0 Å². The summed E-state index contributed by atoms with van der Waals surface area (Å²) in [6.45, 7) is 0. The highest BCUT2D eigenvalue weighted by molar-refractivity contribution is 8.02. The fourth-order valence-corrected chi connectivity index (χ4v) is 3.98. The third-order valence-electron chi connectivity index (χ3n) is 1.09. The molecule has 0 saturated carbocycles. The van der Waals surface area contributed by atoms with Crippen molar-refractivity contribution >= 4 is 32.4 Å². The number of thioether (sulfide) groups is 1. The largest absolute Gasteiger partial charge is 0.267 e. The Kier molecular flexibility index (Phi) is 2.95. The molecule has 0 saturated heterocycles. The molecule has 4 heteroatoms. The summed E-state index contributed by atoms with van der Waals surface area (Å²) >= 11 is 1.81. The van der Waals surface area contributed by atoms with Gasteiger partial charge < -0.3 is 0 Å². The summed E-state index contributed by atoms with van der Waals surface area (Å²) < 4.78 is 4.88. The van der Waals surface area contributed by atoms with Crippen LogP contribution in [0, 0.1) is 0 Å². The highest BCUT2D eigenvalue weighted by Crippen LogP contribution is 2.20. The average Bonchev–Trinajstić information content (AvgIpc) is 2.34. The summed E-state index contributed by atoms with van der Waals surface area (Å²) in [6.07, 6.45) is 2.11. The first kappa shape index (κ1) is 8.30. The normalized spacial score (nSPS) is 9.90. The standard InChI is InChI=1S/C6H10NS3/c1-7(2)5-4-6(8-3)10-9-5/h4H,1-3H3/q+1. The van der Waals surface area contributed by atoms with Gasteiger partial charge in [0.25, 0.3) is 4.67 Å². The van der Waals surface area contributed by atoms with Gasteiger partial charge in [0.1, 0.15) is 14.1 Å². The average molecular weight is 192 g/mol. The second-order valence-electron chi connectivity index (χ2n) is 2.07. The van der Waals surface area contributed by atoms with Crippen molar-refractivity contribution in [2.75, 3.05) is 20.4 Å². The van der Waals surface area contributed by atoms with Crippen molar-refractivity contribution in [2.45, 2.75) is 4.21 Å². The summed E-state index contributed by atoms with van der Waals surface area (Å²) in [6, 6.07) is 2.22. The van der Waals surface area contributed by atoms with Crippen LogP contribution in [-0.2, 0) is 0 Å². The molecular weight excluding hydrogens is 182 g/mol. The zero-order valence-corrected chi connectivity index (χ0v) is 8.70. The van der Waals surface area contributed by atoms with Crippen LogP contribution in [0.15, 0.2) is 10.3 Å². The molecule has 0 bridgehead atoms. The van der Waals surface area contributed by atoms with Gasteiger partial charge in [-0.05, 0) is 16.6 Å². The van der Waals surface area contributed by atoms with E-state index < -0.39 is 0 Å². The van der Waals surface area contributed by atoms with Crippen molar-refractivity contribution in [3.63, 3.8) is 0 Å². The SMILES string of the molecule is CSc1cc(=[N+](C)C)ss1. The minimum Gasteiger partial charge on any atom is -0.226 e. The topological polar surface area (TPSA) is 3.01 Å². The van der Waals surface area contributed by atoms with Crippen LogP contribution in [0.1, 0.15) is 0 Å². The Morgan fingerprint density at radius 1 is 1.40 bits per heavy atom. The van der Waals surface area contributed by atoms with E-state index in [0.29, 0.717) is 0 Å². The lowest BCUT2D eigenvalue weighted by molar-refractivity contribution is 0.829. The quantitative estimate of drug-likeness (QED) is 0.371. The minimum absolute atomic E-state index is 1.34. The molecule has 1 aromatic rings. The van der Waals surface area contributed by atoms with Gasteiger partial charge in [-0.1, -0.05) is 10.3 Å². The third kappa shape index (κ3) is 1.84. The second-order valence-corrected chi connectivity index (χ2v) is 5.36. The van der Waals surface area contributed by atoms with Crippen molar-refractivity contribution in [1.82, 2.24) is 4.58 Å². The first-order valence-corrected chi connectivity index (χ1v) is 6.26. The summed E-state index contributed by atoms with van der Waals surface area (Å²) in [5, 5.41) is 0. The molecule has 1 aromatic heterocycles. The smallest absolute Gasteiger partial charge is 0.226 e. The Hall–Kier alpha value is 0.200. The van der Waals surface area contributed by atoms with Gasteiger partial charge in [0.2, 0.25) is 0 Å². The van der Waals surface area contributed by atoms with E-state index in [0.717, 1.165) is 0 Å². The van der Waals surface area contributed by atoms with Crippen molar-refractivity contribution in [1.29, 1.82) is 0 Å². The molecule has 0 aliphatic heterocycles. The summed E-state index contributed by atoms with van der Waals surface area (Å²) in [7, 11) is 7.81. The maximum absolute atomic E-state index is 2.22. The molecule has 0 aliphatic rings. The molecule has 0 spiro atoms. The Bertz CT molecular complexity index is 267. The van der Waals surface area contributed by atoms with Gasteiger partial charge in [-0.15, -0.1) is 11.8 Å². The Balaban J connectivity index is 3.11. The molecule has 0 fully saturated rings. The molecule has 56 valence electrons. The number of hydrogen-bond donors (Lipinski definition) is 0. The first-order valence-electron chi connectivity index (χ1n) is 2.88. The molecule has 0 aromatic carbocycles. The second kappa shape index (κ2) is 3.55. The van der Waals surface area contributed by atoms with Crippen LogP contribution >= 0.6 is 32.4 Å². The molecule has 0 amide bonds. The molecule has 1 nitrogen and oxygen atoms in total. The minimum atomic E-state index is 1.34. The zero-order chi connectivity index (χ0) is 7.56. The summed E-state index contributed by atoms with van der Waals surface area (Å²) in [5.74, 6) is 0. The lowest BCUT2D eigenvalue weighted by atomic mass is 10.7. The highest BCUT2D eigenvalue weighted by atomic mass is 32.9. The molecule has 0 unspecified atom stereocenters. The molecule has 0 radical (unpaired) electrons. The van der Waals surface area contributed by atoms with Crippen LogP contribution < -0.4 is 9.25 Å². The van der Waals surface area contributed by atoms with E-state index in [4.69, 9.17) is 0 Å². The lowest BCUT2D eigenvalue weighted by Gasteiger charge is -1.78. The summed E-state index contributed by atoms with van der Waals surface area (Å²) in [5.41, 5.74) is 0. The van der Waals surface area contributed by atoms with E-state index >= 15 is 0 Å². The van der Waals surface area contributed by atoms with Gasteiger partial charge in [0, 0.05) is 6.07 Å². The first-order chi connectivity index (χ1) is 4.74. The Morgan fingerprint density at radius 3 is 2.40 bits per heavy atom. The summed E-state index contributed by atoms with van der Waals surface area (Å²) in [4.78, 5) is 0. The van der Waals surface area contributed by atoms with Gasteiger partial charge in [-0.3, -0.25) is 0 Å². The van der Waals surface area contributed by atoms with Crippen molar-refractivity contribution in [3.8, 4) is 0 Å². The van der Waals surface area contributed by atoms with Crippen LogP contribution in [0.5, 0.6) is 0 Å². The Morgan fingerprint density at radius 2 is 2.10 bits per heavy atom. The van der Waals surface area contributed by atoms with E-state index in [1.54, 1.807) is 0 Å². The predicted octanol–water partition coefficient (Wildman–Crippen LogP) is 1.56. The maximum atomic E-state index is 2.22. The van der Waals surface area contributed by atoms with Crippen LogP contribution in [-0.4, -0.2) is 20.4 Å². The molecule has 10 heavy (non-hydrogen) atoms. The van der Waals surface area contributed by atoms with Crippen molar-refractivity contribution in [2.24, 2.45) is 0 Å². The van der Waals surface area contributed by atoms with E-state index in [1.807, 2.05) is 32.4 Å². The zero-order valence-electron chi connectivity index (χ0n) is 6.25. The van der Waals surface area contributed by atoms with Crippen molar-refractivity contribution in [3.05, 3.63) is 10.7 Å². The number of hydrogen-bond acceptors (Lipinski definition) is 3. The van der Waals surface area contributed by atoms with Gasteiger partial charge in [-0.2, -0.15) is 0 Å². The maximum Gasteiger partial charge on any atom is 0.267 e. The molecule has 1 heterocycles. The van der Waals surface area contributed by atoms with Gasteiger partial charge >= 0.3 is 0 Å². The molecule has 0 aliphatic carbocycles. The molecule has 0 N–H and O–H groups in total. The monoisotopic (exact) mass is 192 g/mol. The van der Waals surface area contributed by atoms with Crippen molar-refractivity contribution < 1.29 is 0 Å². The lowest BCUT2D eigenvalue weighted by Crippen LogP contribution is -2.16. The third-order valence-corrected chi connectivity index (χ3v) is 5.00. The number of rotatable bonds is 1. The predicted molar refractivity (Wildman–Crippen MR) is 51.1 cm³/mol. The van der Waals surface area contributed by atoms with Crippen LogP contribution in [0.25, 0.3) is 0 Å². The van der Waals surface area contributed by atoms with E-state index in [2.05, 4.69) is 31.0 Å². The fraction of sp³-hybridized carbons (Fsp3) is 0.500.